The first-order valence-electron chi connectivity index (χ1n) is 19.6. The van der Waals surface area contributed by atoms with Crippen molar-refractivity contribution in [3.05, 3.63) is 134 Å². The molecule has 0 bridgehead atoms. The molecule has 3 aromatic carbocycles. The molecule has 0 aromatic heterocycles. The molecule has 0 amide bonds. The van der Waals surface area contributed by atoms with E-state index in [2.05, 4.69) is 19.7 Å². The van der Waals surface area contributed by atoms with Crippen LogP contribution in [0.2, 0.25) is 0 Å². The number of nitrogens with one attached hydrogen (secondary N) is 1. The number of esters is 5. The van der Waals surface area contributed by atoms with Crippen LogP contribution in [0.5, 0.6) is 23.0 Å². The highest BCUT2D eigenvalue weighted by Crippen LogP contribution is 2.29. The minimum absolute atomic E-state index is 0.00656. The number of benzene rings is 3. The monoisotopic (exact) mass is 851 g/mol. The fourth-order valence-corrected chi connectivity index (χ4v) is 5.74. The lowest BCUT2D eigenvalue weighted by Crippen LogP contribution is -2.40. The third-order valence-corrected chi connectivity index (χ3v) is 8.22. The molecule has 0 spiro atoms. The first-order chi connectivity index (χ1) is 29.5. The van der Waals surface area contributed by atoms with Crippen LogP contribution in [0.1, 0.15) is 63.6 Å². The molecule has 0 saturated carbocycles. The minimum Gasteiger partial charge on any atom is -0.490 e. The van der Waals surface area contributed by atoms with Gasteiger partial charge in [0.15, 0.2) is 6.10 Å². The lowest BCUT2D eigenvalue weighted by atomic mass is 9.92. The first kappa shape index (κ1) is 49.3. The summed E-state index contributed by atoms with van der Waals surface area (Å²) in [6, 6.07) is 18.1. The third kappa shape index (κ3) is 18.9. The number of hydrogen-bond donors (Lipinski definition) is 1. The Morgan fingerprint density at radius 3 is 1.81 bits per heavy atom. The molecular weight excluding hydrogens is 799 g/mol. The number of carbonyl (C=O) groups is 5. The van der Waals surface area contributed by atoms with Gasteiger partial charge < -0.3 is 43.3 Å². The van der Waals surface area contributed by atoms with Gasteiger partial charge in [-0.3, -0.25) is 0 Å². The Morgan fingerprint density at radius 1 is 0.645 bits per heavy atom. The molecule has 328 valence electrons. The van der Waals surface area contributed by atoms with Gasteiger partial charge in [-0.15, -0.1) is 0 Å². The van der Waals surface area contributed by atoms with Gasteiger partial charge in [-0.2, -0.15) is 0 Å². The lowest BCUT2D eigenvalue weighted by Gasteiger charge is -2.34. The average Bonchev–Trinajstić information content (AvgIpc) is 3.23. The summed E-state index contributed by atoms with van der Waals surface area (Å²) in [5.41, 5.74) is 0.135. The largest absolute Gasteiger partial charge is 0.490 e. The van der Waals surface area contributed by atoms with E-state index in [-0.39, 0.29) is 36.9 Å². The standard InChI is InChI=1S/C48H53NO13/c1-8-42(50)56-28-12-11-27-55-31-40(59-43(51)9-2)32-57-37-19-13-34(14-20-37)18-26-46(54)60-41-24-23-39(29-36(41)30-49)58-45(53)25-17-35-15-21-38(22-16-35)61-47(4,5)33-48(6,7)62-44(52)10-3/h8-10,13-26,29-30,40,49H,1-3,11-12,27-28,31-33H2,4-7H3/b25-17+,26-18+,49-30?. The fourth-order valence-electron chi connectivity index (χ4n) is 5.74. The summed E-state index contributed by atoms with van der Waals surface area (Å²) < 4.78 is 44.1. The van der Waals surface area contributed by atoms with Gasteiger partial charge in [0.2, 0.25) is 0 Å². The zero-order valence-corrected chi connectivity index (χ0v) is 35.4. The molecule has 1 N–H and O–H groups in total. The number of carbonyl (C=O) groups excluding carboxylic acids is 5. The molecular formula is C48H53NO13. The Kier molecular flexibility index (Phi) is 19.8. The topological polar surface area (TPSA) is 183 Å². The fraction of sp³-hybridized carbons (Fsp3) is 0.292. The van der Waals surface area contributed by atoms with E-state index in [4.69, 9.17) is 43.3 Å². The Labute approximate surface area is 361 Å². The van der Waals surface area contributed by atoms with E-state index < -0.39 is 47.2 Å². The molecule has 3 aromatic rings. The third-order valence-electron chi connectivity index (χ3n) is 8.22. The molecule has 0 aliphatic heterocycles. The predicted molar refractivity (Wildman–Crippen MR) is 233 cm³/mol. The van der Waals surface area contributed by atoms with E-state index in [1.165, 1.54) is 36.4 Å². The molecule has 0 radical (unpaired) electrons. The summed E-state index contributed by atoms with van der Waals surface area (Å²) in [5, 5.41) is 7.81. The number of ether oxygens (including phenoxy) is 8. The lowest BCUT2D eigenvalue weighted by molar-refractivity contribution is -0.154. The minimum atomic E-state index is -0.777. The van der Waals surface area contributed by atoms with Crippen LogP contribution in [-0.2, 0) is 42.9 Å². The summed E-state index contributed by atoms with van der Waals surface area (Å²) in [7, 11) is 0. The molecule has 0 aliphatic rings. The first-order valence-corrected chi connectivity index (χ1v) is 19.6. The zero-order chi connectivity index (χ0) is 45.5. The van der Waals surface area contributed by atoms with Gasteiger partial charge in [0.25, 0.3) is 0 Å². The molecule has 3 rings (SSSR count). The highest BCUT2D eigenvalue weighted by Gasteiger charge is 2.33. The summed E-state index contributed by atoms with van der Waals surface area (Å²) in [5.74, 6) is -1.69. The SMILES string of the molecule is C=CC(=O)OCCCCOCC(COc1ccc(/C=C/C(=O)Oc2ccc(OC(=O)/C=C/c3ccc(OC(C)(C)CC(C)(C)OC(=O)C=C)cc3)cc2C=N)cc1)OC(=O)C=C. The molecule has 0 heterocycles. The second-order valence-electron chi connectivity index (χ2n) is 14.6. The Hall–Kier alpha value is -7.06. The van der Waals surface area contributed by atoms with Crippen molar-refractivity contribution in [3.63, 3.8) is 0 Å². The van der Waals surface area contributed by atoms with Crippen LogP contribution in [-0.4, -0.2) is 79.8 Å². The van der Waals surface area contributed by atoms with Crippen LogP contribution in [0.4, 0.5) is 0 Å². The Morgan fingerprint density at radius 2 is 1.21 bits per heavy atom. The Bertz CT molecular complexity index is 2100. The van der Waals surface area contributed by atoms with Crippen LogP contribution >= 0.6 is 0 Å². The highest BCUT2D eigenvalue weighted by atomic mass is 16.6. The molecule has 1 unspecified atom stereocenters. The van der Waals surface area contributed by atoms with E-state index in [1.807, 2.05) is 13.8 Å². The summed E-state index contributed by atoms with van der Waals surface area (Å²) in [6.45, 7) is 18.3. The molecule has 0 saturated heterocycles. The second-order valence-corrected chi connectivity index (χ2v) is 14.6. The van der Waals surface area contributed by atoms with Crippen molar-refractivity contribution < 1.29 is 61.9 Å². The van der Waals surface area contributed by atoms with E-state index in [0.717, 1.165) is 24.4 Å². The Balaban J connectivity index is 1.48. The number of hydrogen-bond acceptors (Lipinski definition) is 14. The average molecular weight is 852 g/mol. The molecule has 62 heavy (non-hydrogen) atoms. The van der Waals surface area contributed by atoms with Gasteiger partial charge in [0.05, 0.1) is 13.2 Å². The molecule has 1 atom stereocenters. The van der Waals surface area contributed by atoms with Gasteiger partial charge in [0.1, 0.15) is 40.8 Å². The van der Waals surface area contributed by atoms with E-state index in [1.54, 1.807) is 68.5 Å². The number of rotatable bonds is 26. The van der Waals surface area contributed by atoms with Crippen LogP contribution in [0.15, 0.2) is 117 Å². The molecule has 14 heteroatoms. The number of unbranched alkanes of at least 4 members (excludes halogenated alkanes) is 1. The quantitative estimate of drug-likeness (QED) is 0.0205. The van der Waals surface area contributed by atoms with Crippen molar-refractivity contribution >= 4 is 48.2 Å². The summed E-state index contributed by atoms with van der Waals surface area (Å²) in [4.78, 5) is 59.9. The zero-order valence-electron chi connectivity index (χ0n) is 35.4. The van der Waals surface area contributed by atoms with Crippen molar-refractivity contribution in [2.24, 2.45) is 0 Å². The van der Waals surface area contributed by atoms with Crippen molar-refractivity contribution in [1.29, 1.82) is 5.41 Å². The van der Waals surface area contributed by atoms with E-state index in [0.29, 0.717) is 48.5 Å². The molecule has 0 fully saturated rings. The smallest absolute Gasteiger partial charge is 0.336 e. The maximum absolute atomic E-state index is 12.7. The van der Waals surface area contributed by atoms with Gasteiger partial charge in [0, 0.05) is 55.2 Å². The van der Waals surface area contributed by atoms with E-state index >= 15 is 0 Å². The van der Waals surface area contributed by atoms with Crippen LogP contribution in [0.3, 0.4) is 0 Å². The molecule has 0 aliphatic carbocycles. The molecule has 14 nitrogen and oxygen atoms in total. The predicted octanol–water partition coefficient (Wildman–Crippen LogP) is 7.98. The van der Waals surface area contributed by atoms with Crippen molar-refractivity contribution in [2.45, 2.75) is 64.3 Å². The van der Waals surface area contributed by atoms with Crippen LogP contribution in [0.25, 0.3) is 12.2 Å². The van der Waals surface area contributed by atoms with E-state index in [9.17, 15) is 24.0 Å². The van der Waals surface area contributed by atoms with Crippen molar-refractivity contribution in [2.75, 3.05) is 26.4 Å². The van der Waals surface area contributed by atoms with Gasteiger partial charge in [-0.1, -0.05) is 44.0 Å². The van der Waals surface area contributed by atoms with Crippen molar-refractivity contribution in [1.82, 2.24) is 0 Å². The summed E-state index contributed by atoms with van der Waals surface area (Å²) >= 11 is 0. The normalized spacial score (nSPS) is 11.8. The summed E-state index contributed by atoms with van der Waals surface area (Å²) in [6.07, 6.45) is 10.8. The highest BCUT2D eigenvalue weighted by molar-refractivity contribution is 5.92. The van der Waals surface area contributed by atoms with Crippen molar-refractivity contribution in [3.8, 4) is 23.0 Å². The van der Waals surface area contributed by atoms with Gasteiger partial charge in [-0.25, -0.2) is 24.0 Å². The maximum Gasteiger partial charge on any atom is 0.336 e. The second kappa shape index (κ2) is 24.9. The van der Waals surface area contributed by atoms with Gasteiger partial charge in [-0.05, 0) is 106 Å². The van der Waals surface area contributed by atoms with Crippen LogP contribution < -0.4 is 18.9 Å². The van der Waals surface area contributed by atoms with Gasteiger partial charge >= 0.3 is 29.8 Å². The van der Waals surface area contributed by atoms with Crippen LogP contribution in [0, 0.1) is 5.41 Å². The maximum atomic E-state index is 12.7.